The van der Waals surface area contributed by atoms with Gasteiger partial charge in [-0.05, 0) is 37.9 Å². The number of nitrogens with two attached hydrogens (primary N) is 1. The number of carbonyl (C=O) groups is 1. The van der Waals surface area contributed by atoms with Gasteiger partial charge in [0.15, 0.2) is 0 Å². The number of benzene rings is 1. The number of nitrogens with zero attached hydrogens (tertiary/aromatic N) is 1. The van der Waals surface area contributed by atoms with Gasteiger partial charge in [0, 0.05) is 12.6 Å². The molecule has 1 aliphatic rings. The lowest BCUT2D eigenvalue weighted by Gasteiger charge is -2.23. The number of rotatable bonds is 5. The van der Waals surface area contributed by atoms with Crippen molar-refractivity contribution in [3.05, 3.63) is 18.2 Å². The summed E-state index contributed by atoms with van der Waals surface area (Å²) in [5.74, 6) is 1.39. The van der Waals surface area contributed by atoms with Gasteiger partial charge < -0.3 is 15.8 Å². The predicted molar refractivity (Wildman–Crippen MR) is 85.5 cm³/mol. The van der Waals surface area contributed by atoms with E-state index in [9.17, 15) is 4.79 Å². The highest BCUT2D eigenvalue weighted by molar-refractivity contribution is 5.97. The van der Waals surface area contributed by atoms with Crippen LogP contribution >= 0.6 is 0 Å². The molecule has 0 spiro atoms. The van der Waals surface area contributed by atoms with Crippen LogP contribution in [0.25, 0.3) is 0 Å². The van der Waals surface area contributed by atoms with Crippen LogP contribution in [0.2, 0.25) is 0 Å². The first-order chi connectivity index (χ1) is 10.0. The Labute approximate surface area is 126 Å². The molecule has 1 aromatic carbocycles. The fourth-order valence-corrected chi connectivity index (χ4v) is 2.73. The van der Waals surface area contributed by atoms with E-state index in [0.717, 1.165) is 13.1 Å². The Morgan fingerprint density at radius 2 is 2.33 bits per heavy atom. The van der Waals surface area contributed by atoms with Crippen LogP contribution < -0.4 is 15.8 Å². The van der Waals surface area contributed by atoms with Crippen molar-refractivity contribution in [1.29, 1.82) is 0 Å². The molecule has 5 heteroatoms. The number of hydrogen-bond donors (Lipinski definition) is 2. The van der Waals surface area contributed by atoms with Crippen LogP contribution in [-0.2, 0) is 4.79 Å². The summed E-state index contributed by atoms with van der Waals surface area (Å²) < 4.78 is 5.11. The molecule has 3 N–H and O–H groups in total. The fourth-order valence-electron chi connectivity index (χ4n) is 2.73. The lowest BCUT2D eigenvalue weighted by molar-refractivity contribution is -0.120. The molecule has 116 valence electrons. The summed E-state index contributed by atoms with van der Waals surface area (Å²) in [6.07, 6.45) is 2.36. The van der Waals surface area contributed by atoms with Crippen molar-refractivity contribution in [3.8, 4) is 5.75 Å². The summed E-state index contributed by atoms with van der Waals surface area (Å²) in [6.45, 7) is 6.15. The molecule has 0 radical (unpaired) electrons. The maximum atomic E-state index is 12.4. The second-order valence-corrected chi connectivity index (χ2v) is 5.68. The van der Waals surface area contributed by atoms with E-state index in [2.05, 4.69) is 17.1 Å². The Morgan fingerprint density at radius 3 is 2.90 bits per heavy atom. The van der Waals surface area contributed by atoms with Crippen molar-refractivity contribution >= 4 is 17.3 Å². The van der Waals surface area contributed by atoms with Crippen molar-refractivity contribution in [2.24, 2.45) is 5.92 Å². The fraction of sp³-hybridized carbons (Fsp3) is 0.562. The standard InChI is InChI=1S/C16H25N3O2/c1-4-12-7-8-19(10-12)11(2)16(20)18-15-6-5-13(21-3)9-14(15)17/h5-6,9,11-12H,4,7-8,10,17H2,1-3H3,(H,18,20). The van der Waals surface area contributed by atoms with Crippen LogP contribution in [0.15, 0.2) is 18.2 Å². The zero-order chi connectivity index (χ0) is 15.4. The summed E-state index contributed by atoms with van der Waals surface area (Å²) in [4.78, 5) is 14.6. The molecule has 2 unspecified atom stereocenters. The smallest absolute Gasteiger partial charge is 0.241 e. The molecule has 1 heterocycles. The Balaban J connectivity index is 1.98. The van der Waals surface area contributed by atoms with Gasteiger partial charge in [-0.1, -0.05) is 13.3 Å². The topological polar surface area (TPSA) is 67.6 Å². The number of nitrogen functional groups attached to an aromatic ring is 1. The van der Waals surface area contributed by atoms with Crippen LogP contribution in [0.5, 0.6) is 5.75 Å². The lowest BCUT2D eigenvalue weighted by Crippen LogP contribution is -2.40. The van der Waals surface area contributed by atoms with E-state index in [-0.39, 0.29) is 11.9 Å². The highest BCUT2D eigenvalue weighted by atomic mass is 16.5. The number of methoxy groups -OCH3 is 1. The van der Waals surface area contributed by atoms with E-state index >= 15 is 0 Å². The van der Waals surface area contributed by atoms with Gasteiger partial charge in [-0.15, -0.1) is 0 Å². The van der Waals surface area contributed by atoms with Crippen LogP contribution in [-0.4, -0.2) is 37.0 Å². The van der Waals surface area contributed by atoms with Gasteiger partial charge in [0.2, 0.25) is 5.91 Å². The van der Waals surface area contributed by atoms with Crippen LogP contribution in [0.1, 0.15) is 26.7 Å². The third-order valence-electron chi connectivity index (χ3n) is 4.34. The molecule has 2 atom stereocenters. The van der Waals surface area contributed by atoms with E-state index in [1.54, 1.807) is 25.3 Å². The van der Waals surface area contributed by atoms with Gasteiger partial charge in [-0.25, -0.2) is 0 Å². The zero-order valence-corrected chi connectivity index (χ0v) is 13.1. The molecule has 1 saturated heterocycles. The SMILES string of the molecule is CCC1CCN(C(C)C(=O)Nc2ccc(OC)cc2N)C1. The number of amides is 1. The van der Waals surface area contributed by atoms with Gasteiger partial charge in [-0.3, -0.25) is 9.69 Å². The number of anilines is 2. The van der Waals surface area contributed by atoms with E-state index in [0.29, 0.717) is 23.0 Å². The summed E-state index contributed by atoms with van der Waals surface area (Å²) in [5, 5.41) is 2.91. The Morgan fingerprint density at radius 1 is 1.57 bits per heavy atom. The van der Waals surface area contributed by atoms with Gasteiger partial charge in [0.25, 0.3) is 0 Å². The maximum absolute atomic E-state index is 12.4. The minimum atomic E-state index is -0.136. The van der Waals surface area contributed by atoms with E-state index in [1.165, 1.54) is 12.8 Å². The average Bonchev–Trinajstić information content (AvgIpc) is 2.97. The van der Waals surface area contributed by atoms with Crippen molar-refractivity contribution in [3.63, 3.8) is 0 Å². The summed E-state index contributed by atoms with van der Waals surface area (Å²) in [6, 6.07) is 5.14. The molecule has 0 saturated carbocycles. The molecule has 0 aliphatic carbocycles. The van der Waals surface area contributed by atoms with Gasteiger partial charge in [0.05, 0.1) is 24.5 Å². The third kappa shape index (κ3) is 3.67. The summed E-state index contributed by atoms with van der Waals surface area (Å²) in [5.41, 5.74) is 7.09. The van der Waals surface area contributed by atoms with Crippen LogP contribution in [0.3, 0.4) is 0 Å². The van der Waals surface area contributed by atoms with Crippen LogP contribution in [0.4, 0.5) is 11.4 Å². The van der Waals surface area contributed by atoms with Gasteiger partial charge in [-0.2, -0.15) is 0 Å². The first-order valence-corrected chi connectivity index (χ1v) is 7.53. The molecule has 5 nitrogen and oxygen atoms in total. The van der Waals surface area contributed by atoms with E-state index < -0.39 is 0 Å². The quantitative estimate of drug-likeness (QED) is 0.817. The summed E-state index contributed by atoms with van der Waals surface area (Å²) in [7, 11) is 1.59. The monoisotopic (exact) mass is 291 g/mol. The average molecular weight is 291 g/mol. The molecular formula is C16H25N3O2. The Hall–Kier alpha value is -1.75. The number of ether oxygens (including phenoxy) is 1. The minimum absolute atomic E-state index is 0.0105. The van der Waals surface area contributed by atoms with Crippen molar-refractivity contribution in [1.82, 2.24) is 4.90 Å². The number of likely N-dealkylation sites (tertiary alicyclic amines) is 1. The molecule has 0 bridgehead atoms. The normalized spacial score (nSPS) is 20.2. The maximum Gasteiger partial charge on any atom is 0.241 e. The molecule has 21 heavy (non-hydrogen) atoms. The molecular weight excluding hydrogens is 266 g/mol. The first kappa shape index (κ1) is 15.6. The molecule has 1 amide bonds. The van der Waals surface area contributed by atoms with Gasteiger partial charge in [0.1, 0.15) is 5.75 Å². The third-order valence-corrected chi connectivity index (χ3v) is 4.34. The Bertz CT molecular complexity index is 504. The Kier molecular flexibility index (Phi) is 5.07. The molecule has 1 aliphatic heterocycles. The lowest BCUT2D eigenvalue weighted by atomic mass is 10.1. The van der Waals surface area contributed by atoms with Crippen molar-refractivity contribution in [2.75, 3.05) is 31.2 Å². The minimum Gasteiger partial charge on any atom is -0.497 e. The van der Waals surface area contributed by atoms with E-state index in [1.807, 2.05) is 6.92 Å². The van der Waals surface area contributed by atoms with Crippen molar-refractivity contribution in [2.45, 2.75) is 32.7 Å². The molecule has 0 aromatic heterocycles. The zero-order valence-electron chi connectivity index (χ0n) is 13.1. The first-order valence-electron chi connectivity index (χ1n) is 7.53. The largest absolute Gasteiger partial charge is 0.497 e. The van der Waals surface area contributed by atoms with Gasteiger partial charge >= 0.3 is 0 Å². The van der Waals surface area contributed by atoms with Crippen molar-refractivity contribution < 1.29 is 9.53 Å². The molecule has 2 rings (SSSR count). The summed E-state index contributed by atoms with van der Waals surface area (Å²) >= 11 is 0. The predicted octanol–water partition coefficient (Wildman–Crippen LogP) is 2.34. The second-order valence-electron chi connectivity index (χ2n) is 5.68. The molecule has 1 fully saturated rings. The number of hydrogen-bond acceptors (Lipinski definition) is 4. The number of carbonyl (C=O) groups excluding carboxylic acids is 1. The highest BCUT2D eigenvalue weighted by Gasteiger charge is 2.28. The highest BCUT2D eigenvalue weighted by Crippen LogP contribution is 2.25. The van der Waals surface area contributed by atoms with Crippen LogP contribution in [0, 0.1) is 5.92 Å². The second kappa shape index (κ2) is 6.80. The van der Waals surface area contributed by atoms with E-state index in [4.69, 9.17) is 10.5 Å². The molecule has 1 aromatic rings. The number of nitrogens with one attached hydrogen (secondary N) is 1.